The number of carbonyl (C=O) groups excluding carboxylic acids is 1. The molecule has 2 heterocycles. The lowest BCUT2D eigenvalue weighted by molar-refractivity contribution is -0.130. The zero-order chi connectivity index (χ0) is 24.7. The summed E-state index contributed by atoms with van der Waals surface area (Å²) in [7, 11) is 3.15. The number of rotatable bonds is 5. The molecule has 35 heavy (non-hydrogen) atoms. The summed E-state index contributed by atoms with van der Waals surface area (Å²) in [5.41, 5.74) is 0.719. The van der Waals surface area contributed by atoms with Crippen molar-refractivity contribution in [2.45, 2.75) is 18.7 Å². The van der Waals surface area contributed by atoms with E-state index in [0.29, 0.717) is 33.7 Å². The summed E-state index contributed by atoms with van der Waals surface area (Å²) in [6, 6.07) is 18.0. The molecule has 2 N–H and O–H groups in total. The first-order valence-corrected chi connectivity index (χ1v) is 11.4. The van der Waals surface area contributed by atoms with Crippen LogP contribution in [0, 0.1) is 11.7 Å². The number of methoxy groups -OCH3 is 2. The van der Waals surface area contributed by atoms with Gasteiger partial charge in [-0.1, -0.05) is 12.1 Å². The standard InChI is InChI=1S/C26H24FN3O4S/c1-26-21(24(31)28-16-9-13-18(32-2)14-10-16)22(19-5-4-6-20(33-3)23(19)34-26)29-25(35)30(26)17-11-7-15(27)8-12-17/h4-14,21-22H,1-3H3,(H,28,31)(H,29,35)/t21-,22+,26+/m0/s1. The van der Waals surface area contributed by atoms with Gasteiger partial charge in [-0.15, -0.1) is 0 Å². The van der Waals surface area contributed by atoms with Gasteiger partial charge in [0.25, 0.3) is 0 Å². The quantitative estimate of drug-likeness (QED) is 0.502. The molecule has 180 valence electrons. The van der Waals surface area contributed by atoms with Crippen LogP contribution < -0.4 is 29.7 Å². The van der Waals surface area contributed by atoms with Gasteiger partial charge in [-0.25, -0.2) is 4.39 Å². The van der Waals surface area contributed by atoms with Crippen LogP contribution >= 0.6 is 12.2 Å². The molecule has 2 bridgehead atoms. The first-order chi connectivity index (χ1) is 16.9. The Hall–Kier alpha value is -3.85. The zero-order valence-electron chi connectivity index (χ0n) is 19.4. The highest BCUT2D eigenvalue weighted by molar-refractivity contribution is 7.80. The molecular formula is C26H24FN3O4S. The normalized spacial score (nSPS) is 22.4. The maximum Gasteiger partial charge on any atom is 0.236 e. The third-order valence-electron chi connectivity index (χ3n) is 6.43. The SMILES string of the molecule is COc1ccc(NC(=O)[C@@H]2[C@@H]3NC(=S)N(c4ccc(F)cc4)[C@]2(C)Oc2c(OC)cccc23)cc1. The predicted octanol–water partition coefficient (Wildman–Crippen LogP) is 4.64. The Bertz CT molecular complexity index is 1280. The number of hydrogen-bond donors (Lipinski definition) is 2. The molecule has 0 unspecified atom stereocenters. The Labute approximate surface area is 207 Å². The van der Waals surface area contributed by atoms with Gasteiger partial charge in [0, 0.05) is 16.9 Å². The number of halogens is 1. The first kappa shape index (κ1) is 22.9. The molecule has 0 spiro atoms. The van der Waals surface area contributed by atoms with Gasteiger partial charge in [-0.2, -0.15) is 0 Å². The maximum absolute atomic E-state index is 13.8. The number of benzene rings is 3. The molecule has 7 nitrogen and oxygen atoms in total. The minimum atomic E-state index is -1.25. The van der Waals surface area contributed by atoms with E-state index in [9.17, 15) is 9.18 Å². The van der Waals surface area contributed by atoms with Crippen molar-refractivity contribution >= 4 is 34.6 Å². The Balaban J connectivity index is 1.61. The van der Waals surface area contributed by atoms with Crippen LogP contribution in [0.5, 0.6) is 17.2 Å². The second-order valence-corrected chi connectivity index (χ2v) is 8.86. The summed E-state index contributed by atoms with van der Waals surface area (Å²) in [6.07, 6.45) is 0. The lowest BCUT2D eigenvalue weighted by Gasteiger charge is -2.56. The molecule has 0 aromatic heterocycles. The van der Waals surface area contributed by atoms with E-state index >= 15 is 0 Å². The molecule has 9 heteroatoms. The van der Waals surface area contributed by atoms with Gasteiger partial charge in [-0.05, 0) is 73.7 Å². The van der Waals surface area contributed by atoms with Crippen LogP contribution in [0.3, 0.4) is 0 Å². The Kier molecular flexibility index (Phi) is 5.72. The number of hydrogen-bond acceptors (Lipinski definition) is 5. The lowest BCUT2D eigenvalue weighted by atomic mass is 9.78. The summed E-state index contributed by atoms with van der Waals surface area (Å²) in [4.78, 5) is 15.5. The summed E-state index contributed by atoms with van der Waals surface area (Å²) in [5, 5.41) is 6.69. The molecule has 0 radical (unpaired) electrons. The summed E-state index contributed by atoms with van der Waals surface area (Å²) in [6.45, 7) is 1.81. The van der Waals surface area contributed by atoms with Crippen molar-refractivity contribution < 1.29 is 23.4 Å². The topological polar surface area (TPSA) is 72.1 Å². The second-order valence-electron chi connectivity index (χ2n) is 8.47. The van der Waals surface area contributed by atoms with Gasteiger partial charge in [-0.3, -0.25) is 9.69 Å². The van der Waals surface area contributed by atoms with Crippen LogP contribution in [0.2, 0.25) is 0 Å². The highest BCUT2D eigenvalue weighted by Gasteiger charge is 2.59. The monoisotopic (exact) mass is 493 g/mol. The van der Waals surface area contributed by atoms with E-state index in [2.05, 4.69) is 10.6 Å². The third-order valence-corrected chi connectivity index (χ3v) is 6.73. The Morgan fingerprint density at radius 3 is 2.46 bits per heavy atom. The van der Waals surface area contributed by atoms with E-state index in [4.69, 9.17) is 26.4 Å². The molecular weight excluding hydrogens is 469 g/mol. The van der Waals surface area contributed by atoms with Crippen molar-refractivity contribution in [3.8, 4) is 17.2 Å². The van der Waals surface area contributed by atoms with E-state index in [-0.39, 0.29) is 11.7 Å². The molecule has 2 aliphatic rings. The summed E-state index contributed by atoms with van der Waals surface area (Å²) < 4.78 is 31.1. The molecule has 3 aromatic rings. The van der Waals surface area contributed by atoms with Crippen LogP contribution in [0.4, 0.5) is 15.8 Å². The fourth-order valence-electron chi connectivity index (χ4n) is 4.80. The van der Waals surface area contributed by atoms with E-state index < -0.39 is 17.7 Å². The zero-order valence-corrected chi connectivity index (χ0v) is 20.2. The number of para-hydroxylation sites is 1. The molecule has 5 rings (SSSR count). The summed E-state index contributed by atoms with van der Waals surface area (Å²) >= 11 is 5.72. The molecule has 2 aliphatic heterocycles. The molecule has 0 aliphatic carbocycles. The smallest absolute Gasteiger partial charge is 0.236 e. The number of thiocarbonyl (C=S) groups is 1. The first-order valence-electron chi connectivity index (χ1n) is 11.0. The van der Waals surface area contributed by atoms with Crippen molar-refractivity contribution in [1.82, 2.24) is 5.32 Å². The Morgan fingerprint density at radius 1 is 1.09 bits per heavy atom. The second kappa shape index (κ2) is 8.74. The Morgan fingerprint density at radius 2 is 1.80 bits per heavy atom. The van der Waals surface area contributed by atoms with Crippen LogP contribution in [0.25, 0.3) is 0 Å². The highest BCUT2D eigenvalue weighted by Crippen LogP contribution is 2.52. The fraction of sp³-hybridized carbons (Fsp3) is 0.231. The van der Waals surface area contributed by atoms with Gasteiger partial charge >= 0.3 is 0 Å². The predicted molar refractivity (Wildman–Crippen MR) is 134 cm³/mol. The summed E-state index contributed by atoms with van der Waals surface area (Å²) in [5.74, 6) is 0.375. The van der Waals surface area contributed by atoms with Gasteiger partial charge in [0.2, 0.25) is 5.91 Å². The van der Waals surface area contributed by atoms with Crippen molar-refractivity contribution in [1.29, 1.82) is 0 Å². The average molecular weight is 494 g/mol. The number of nitrogens with one attached hydrogen (secondary N) is 2. The van der Waals surface area contributed by atoms with Gasteiger partial charge in [0.05, 0.1) is 20.3 Å². The molecule has 3 aromatic carbocycles. The van der Waals surface area contributed by atoms with Crippen molar-refractivity contribution in [2.24, 2.45) is 5.92 Å². The highest BCUT2D eigenvalue weighted by atomic mass is 32.1. The van der Waals surface area contributed by atoms with Crippen molar-refractivity contribution in [3.05, 3.63) is 78.1 Å². The molecule has 1 fully saturated rings. The number of fused-ring (bicyclic) bond motifs is 4. The van der Waals surface area contributed by atoms with E-state index in [1.165, 1.54) is 12.1 Å². The maximum atomic E-state index is 13.8. The lowest BCUT2D eigenvalue weighted by Crippen LogP contribution is -2.72. The fourth-order valence-corrected chi connectivity index (χ4v) is 5.22. The third kappa shape index (κ3) is 3.81. The number of nitrogens with zero attached hydrogens (tertiary/aromatic N) is 1. The van der Waals surface area contributed by atoms with Gasteiger partial charge in [0.15, 0.2) is 22.3 Å². The van der Waals surface area contributed by atoms with Gasteiger partial charge < -0.3 is 24.8 Å². The van der Waals surface area contributed by atoms with Crippen LogP contribution in [0.1, 0.15) is 18.5 Å². The number of carbonyl (C=O) groups is 1. The molecule has 1 saturated heterocycles. The van der Waals surface area contributed by atoms with Crippen molar-refractivity contribution in [2.75, 3.05) is 24.4 Å². The molecule has 3 atom stereocenters. The minimum Gasteiger partial charge on any atom is -0.497 e. The van der Waals surface area contributed by atoms with Crippen molar-refractivity contribution in [3.63, 3.8) is 0 Å². The van der Waals surface area contributed by atoms with Crippen LogP contribution in [-0.4, -0.2) is 31.0 Å². The van der Waals surface area contributed by atoms with E-state index in [0.717, 1.165) is 5.56 Å². The average Bonchev–Trinajstić information content (AvgIpc) is 2.84. The molecule has 1 amide bonds. The van der Waals surface area contributed by atoms with E-state index in [1.807, 2.05) is 19.1 Å². The number of amides is 1. The van der Waals surface area contributed by atoms with E-state index in [1.54, 1.807) is 61.6 Å². The van der Waals surface area contributed by atoms with Gasteiger partial charge in [0.1, 0.15) is 17.5 Å². The minimum absolute atomic E-state index is 0.266. The van der Waals surface area contributed by atoms with Crippen LogP contribution in [0.15, 0.2) is 66.7 Å². The largest absolute Gasteiger partial charge is 0.497 e. The van der Waals surface area contributed by atoms with Crippen LogP contribution in [-0.2, 0) is 4.79 Å². The number of ether oxygens (including phenoxy) is 3. The number of anilines is 2. The molecule has 0 saturated carbocycles.